The van der Waals surface area contributed by atoms with Gasteiger partial charge in [-0.25, -0.2) is 0 Å². The summed E-state index contributed by atoms with van der Waals surface area (Å²) in [5.41, 5.74) is 0.460. The molecular weight excluding hydrogens is 435 g/mol. The van der Waals surface area contributed by atoms with E-state index in [0.29, 0.717) is 5.69 Å². The molecule has 0 bridgehead atoms. The van der Waals surface area contributed by atoms with Crippen LogP contribution in [0.25, 0.3) is 0 Å². The summed E-state index contributed by atoms with van der Waals surface area (Å²) in [5, 5.41) is 2.76. The van der Waals surface area contributed by atoms with Crippen molar-refractivity contribution < 1.29 is 28.7 Å². The third-order valence-corrected chi connectivity index (χ3v) is 4.39. The van der Waals surface area contributed by atoms with Crippen molar-refractivity contribution in [2.24, 2.45) is 5.92 Å². The number of ketones is 1. The molecule has 0 aliphatic carbocycles. The number of anilines is 1. The predicted octanol–water partition coefficient (Wildman–Crippen LogP) is 3.57. The van der Waals surface area contributed by atoms with Crippen LogP contribution in [0, 0.1) is 5.92 Å². The van der Waals surface area contributed by atoms with Crippen molar-refractivity contribution in [3.63, 3.8) is 0 Å². The van der Waals surface area contributed by atoms with Gasteiger partial charge in [-0.05, 0) is 38.1 Å². The minimum absolute atomic E-state index is 0.00706. The van der Waals surface area contributed by atoms with Gasteiger partial charge in [-0.3, -0.25) is 24.2 Å². The van der Waals surface area contributed by atoms with Crippen molar-refractivity contribution in [3.8, 4) is 0 Å². The molecule has 0 aliphatic heterocycles. The van der Waals surface area contributed by atoms with E-state index in [2.05, 4.69) is 10.3 Å². The molecule has 0 fully saturated rings. The quantitative estimate of drug-likeness (QED) is 0.370. The van der Waals surface area contributed by atoms with Crippen LogP contribution in [-0.4, -0.2) is 41.8 Å². The molecule has 0 saturated heterocycles. The molecule has 1 amide bonds. The summed E-state index contributed by atoms with van der Waals surface area (Å²) >= 11 is 11.9. The Balaban J connectivity index is 2.20. The highest BCUT2D eigenvalue weighted by molar-refractivity contribution is 6.40. The number of halogens is 2. The molecular formula is C20H18Cl2N2O6. The average Bonchev–Trinajstić information content (AvgIpc) is 2.69. The van der Waals surface area contributed by atoms with Crippen LogP contribution in [0.5, 0.6) is 0 Å². The van der Waals surface area contributed by atoms with Gasteiger partial charge in [0, 0.05) is 23.6 Å². The molecule has 0 aliphatic rings. The fraction of sp³-hybridized carbons (Fsp3) is 0.250. The molecule has 1 heterocycles. The van der Waals surface area contributed by atoms with E-state index in [1.165, 1.54) is 36.7 Å². The summed E-state index contributed by atoms with van der Waals surface area (Å²) in [7, 11) is 0. The van der Waals surface area contributed by atoms with Crippen LogP contribution >= 0.6 is 23.2 Å². The highest BCUT2D eigenvalue weighted by atomic mass is 35.5. The smallest absolute Gasteiger partial charge is 0.328 e. The SMILES string of the molecule is CCOC(=O)C(C(=O)OCC)C(=O)c1ccc(NC(=O)c2c(Cl)cncc2Cl)cc1. The first-order valence-corrected chi connectivity index (χ1v) is 9.63. The van der Waals surface area contributed by atoms with Crippen molar-refractivity contribution in [2.75, 3.05) is 18.5 Å². The second-order valence-corrected chi connectivity index (χ2v) is 6.63. The van der Waals surface area contributed by atoms with Gasteiger partial charge in [0.25, 0.3) is 5.91 Å². The van der Waals surface area contributed by atoms with Gasteiger partial charge >= 0.3 is 11.9 Å². The maximum atomic E-state index is 12.7. The van der Waals surface area contributed by atoms with E-state index in [9.17, 15) is 19.2 Å². The zero-order valence-corrected chi connectivity index (χ0v) is 17.6. The minimum Gasteiger partial charge on any atom is -0.465 e. The Kier molecular flexibility index (Phi) is 8.32. The number of carbonyl (C=O) groups is 4. The normalized spacial score (nSPS) is 10.4. The lowest BCUT2D eigenvalue weighted by molar-refractivity contribution is -0.158. The average molecular weight is 453 g/mol. The van der Waals surface area contributed by atoms with Crippen molar-refractivity contribution >= 4 is 52.5 Å². The van der Waals surface area contributed by atoms with E-state index >= 15 is 0 Å². The third kappa shape index (κ3) is 5.55. The van der Waals surface area contributed by atoms with E-state index in [4.69, 9.17) is 32.7 Å². The van der Waals surface area contributed by atoms with E-state index in [-0.39, 0.29) is 34.4 Å². The minimum atomic E-state index is -1.72. The van der Waals surface area contributed by atoms with Gasteiger partial charge in [0.2, 0.25) is 5.92 Å². The monoisotopic (exact) mass is 452 g/mol. The maximum absolute atomic E-state index is 12.7. The Hall–Kier alpha value is -2.97. The third-order valence-electron chi connectivity index (χ3n) is 3.81. The summed E-state index contributed by atoms with van der Waals surface area (Å²) in [6.45, 7) is 3.13. The van der Waals surface area contributed by atoms with Crippen LogP contribution in [0.4, 0.5) is 5.69 Å². The lowest BCUT2D eigenvalue weighted by Crippen LogP contribution is -2.35. The van der Waals surface area contributed by atoms with Crippen molar-refractivity contribution in [1.82, 2.24) is 4.98 Å². The van der Waals surface area contributed by atoms with Crippen LogP contribution in [0.1, 0.15) is 34.6 Å². The Morgan fingerprint density at radius 1 is 0.933 bits per heavy atom. The summed E-state index contributed by atoms with van der Waals surface area (Å²) in [6, 6.07) is 5.58. The Morgan fingerprint density at radius 3 is 1.90 bits per heavy atom. The lowest BCUT2D eigenvalue weighted by Gasteiger charge is -2.14. The Morgan fingerprint density at radius 2 is 1.43 bits per heavy atom. The number of amides is 1. The summed E-state index contributed by atoms with van der Waals surface area (Å²) < 4.78 is 9.63. The first-order chi connectivity index (χ1) is 14.3. The van der Waals surface area contributed by atoms with Crippen molar-refractivity contribution in [3.05, 3.63) is 57.8 Å². The van der Waals surface area contributed by atoms with E-state index < -0.39 is 29.5 Å². The predicted molar refractivity (Wildman–Crippen MR) is 110 cm³/mol. The molecule has 0 unspecified atom stereocenters. The Bertz CT molecular complexity index is 924. The number of benzene rings is 1. The van der Waals surface area contributed by atoms with Gasteiger partial charge in [-0.1, -0.05) is 23.2 Å². The molecule has 0 spiro atoms. The fourth-order valence-electron chi connectivity index (χ4n) is 2.47. The summed E-state index contributed by atoms with van der Waals surface area (Å²) in [5.74, 6) is -5.03. The molecule has 30 heavy (non-hydrogen) atoms. The number of hydrogen-bond acceptors (Lipinski definition) is 7. The molecule has 10 heteroatoms. The standard InChI is InChI=1S/C20H18Cl2N2O6/c1-3-29-19(27)16(20(28)30-4-2)17(25)11-5-7-12(8-6-11)24-18(26)15-13(21)9-23-10-14(15)22/h5-10,16H,3-4H2,1-2H3,(H,24,26). The molecule has 0 radical (unpaired) electrons. The van der Waals surface area contributed by atoms with Crippen LogP contribution in [0.15, 0.2) is 36.7 Å². The largest absolute Gasteiger partial charge is 0.465 e. The van der Waals surface area contributed by atoms with Gasteiger partial charge in [0.15, 0.2) is 5.78 Å². The number of aromatic nitrogens is 1. The highest BCUT2D eigenvalue weighted by Gasteiger charge is 2.37. The van der Waals surface area contributed by atoms with Crippen LogP contribution in [-0.2, 0) is 19.1 Å². The Labute approximate surface area is 182 Å². The lowest BCUT2D eigenvalue weighted by atomic mass is 9.97. The van der Waals surface area contributed by atoms with Gasteiger partial charge in [-0.15, -0.1) is 0 Å². The first-order valence-electron chi connectivity index (χ1n) is 8.88. The number of nitrogens with zero attached hydrogens (tertiary/aromatic N) is 1. The molecule has 1 N–H and O–H groups in total. The van der Waals surface area contributed by atoms with Crippen molar-refractivity contribution in [1.29, 1.82) is 0 Å². The maximum Gasteiger partial charge on any atom is 0.328 e. The zero-order chi connectivity index (χ0) is 22.3. The van der Waals surface area contributed by atoms with Crippen LogP contribution < -0.4 is 5.32 Å². The molecule has 2 rings (SSSR count). The molecule has 1 aromatic carbocycles. The number of hydrogen-bond donors (Lipinski definition) is 1. The number of nitrogens with one attached hydrogen (secondary N) is 1. The number of pyridine rings is 1. The van der Waals surface area contributed by atoms with Gasteiger partial charge in [0.1, 0.15) is 0 Å². The number of Topliss-reactive ketones (excluding diaryl/α,β-unsaturated/α-hetero) is 1. The highest BCUT2D eigenvalue weighted by Crippen LogP contribution is 2.24. The number of esters is 2. The van der Waals surface area contributed by atoms with Crippen LogP contribution in [0.2, 0.25) is 10.0 Å². The van der Waals surface area contributed by atoms with Gasteiger partial charge < -0.3 is 14.8 Å². The number of ether oxygens (including phenoxy) is 2. The van der Waals surface area contributed by atoms with Gasteiger partial charge in [0.05, 0.1) is 28.8 Å². The molecule has 8 nitrogen and oxygen atoms in total. The number of rotatable bonds is 8. The van der Waals surface area contributed by atoms with E-state index in [1.54, 1.807) is 13.8 Å². The first kappa shape index (κ1) is 23.3. The molecule has 0 saturated carbocycles. The molecule has 158 valence electrons. The molecule has 0 atom stereocenters. The fourth-order valence-corrected chi connectivity index (χ4v) is 3.00. The topological polar surface area (TPSA) is 112 Å². The van der Waals surface area contributed by atoms with Crippen molar-refractivity contribution in [2.45, 2.75) is 13.8 Å². The zero-order valence-electron chi connectivity index (χ0n) is 16.1. The van der Waals surface area contributed by atoms with E-state index in [1.807, 2.05) is 0 Å². The second kappa shape index (κ2) is 10.7. The second-order valence-electron chi connectivity index (χ2n) is 5.81. The van der Waals surface area contributed by atoms with E-state index in [0.717, 1.165) is 0 Å². The van der Waals surface area contributed by atoms with Gasteiger partial charge in [-0.2, -0.15) is 0 Å². The summed E-state index contributed by atoms with van der Waals surface area (Å²) in [6.07, 6.45) is 2.57. The number of carbonyl (C=O) groups excluding carboxylic acids is 4. The van der Waals surface area contributed by atoms with Crippen LogP contribution in [0.3, 0.4) is 0 Å². The molecule has 1 aromatic heterocycles. The summed E-state index contributed by atoms with van der Waals surface area (Å²) in [4.78, 5) is 53.0. The molecule has 2 aromatic rings.